The maximum absolute atomic E-state index is 12.1. The standard InChI is InChI=1S/C24H34NO6P/c1-7-24(8-2,32(28,29)30)31-19-11-16(5)20(17(6)12-19)13-18-9-10-22(26)21(14-18)25-23(27)15(3)4/h9-12,14-15,26H,7-8,13H2,1-6H3,(H,25,27)(H2,28,29,30). The Morgan fingerprint density at radius 2 is 1.66 bits per heavy atom. The highest BCUT2D eigenvalue weighted by Crippen LogP contribution is 2.55. The third kappa shape index (κ3) is 5.71. The van der Waals surface area contributed by atoms with Crippen molar-refractivity contribution in [2.24, 2.45) is 5.92 Å². The molecule has 0 heterocycles. The molecule has 0 radical (unpaired) electrons. The van der Waals surface area contributed by atoms with Crippen LogP contribution in [0.1, 0.15) is 62.8 Å². The van der Waals surface area contributed by atoms with Crippen molar-refractivity contribution in [1.29, 1.82) is 0 Å². The van der Waals surface area contributed by atoms with Crippen LogP contribution in [0.3, 0.4) is 0 Å². The number of hydrogen-bond donors (Lipinski definition) is 4. The first-order valence-corrected chi connectivity index (χ1v) is 12.4. The van der Waals surface area contributed by atoms with Gasteiger partial charge in [0.2, 0.25) is 11.2 Å². The van der Waals surface area contributed by atoms with Crippen molar-refractivity contribution >= 4 is 19.2 Å². The molecule has 0 aromatic heterocycles. The van der Waals surface area contributed by atoms with Crippen LogP contribution < -0.4 is 10.1 Å². The number of anilines is 1. The second-order valence-corrected chi connectivity index (χ2v) is 10.4. The number of rotatable bonds is 9. The number of benzene rings is 2. The molecule has 2 rings (SSSR count). The van der Waals surface area contributed by atoms with Crippen molar-refractivity contribution in [3.63, 3.8) is 0 Å². The van der Waals surface area contributed by atoms with Gasteiger partial charge >= 0.3 is 7.60 Å². The van der Waals surface area contributed by atoms with E-state index in [2.05, 4.69) is 5.32 Å². The maximum atomic E-state index is 12.1. The van der Waals surface area contributed by atoms with Gasteiger partial charge in [-0.25, -0.2) is 0 Å². The van der Waals surface area contributed by atoms with Gasteiger partial charge in [-0.05, 0) is 79.6 Å². The SMILES string of the molecule is CCC(CC)(Oc1cc(C)c(Cc2ccc(O)c(NC(=O)C(C)C)c2)c(C)c1)P(=O)(O)O. The number of nitrogens with one attached hydrogen (secondary N) is 1. The van der Waals surface area contributed by atoms with Crippen molar-refractivity contribution in [1.82, 2.24) is 0 Å². The van der Waals surface area contributed by atoms with E-state index in [1.165, 1.54) is 0 Å². The van der Waals surface area contributed by atoms with E-state index in [0.717, 1.165) is 22.3 Å². The molecule has 176 valence electrons. The van der Waals surface area contributed by atoms with Crippen molar-refractivity contribution < 1.29 is 29.0 Å². The summed E-state index contributed by atoms with van der Waals surface area (Å²) in [6, 6.07) is 8.70. The Hall–Kier alpha value is -2.34. The molecule has 1 amide bonds. The molecule has 0 atom stereocenters. The lowest BCUT2D eigenvalue weighted by atomic mass is 9.95. The molecule has 8 heteroatoms. The first kappa shape index (κ1) is 25.9. The van der Waals surface area contributed by atoms with E-state index in [1.807, 2.05) is 13.8 Å². The van der Waals surface area contributed by atoms with Crippen LogP contribution in [-0.2, 0) is 15.8 Å². The van der Waals surface area contributed by atoms with E-state index in [9.17, 15) is 24.3 Å². The largest absolute Gasteiger partial charge is 0.506 e. The highest BCUT2D eigenvalue weighted by atomic mass is 31.2. The molecular weight excluding hydrogens is 429 g/mol. The van der Waals surface area contributed by atoms with Gasteiger partial charge in [-0.15, -0.1) is 0 Å². The smallest absolute Gasteiger partial charge is 0.368 e. The van der Waals surface area contributed by atoms with Crippen LogP contribution in [-0.4, -0.2) is 26.1 Å². The first-order chi connectivity index (χ1) is 14.8. The molecule has 4 N–H and O–H groups in total. The predicted molar refractivity (Wildman–Crippen MR) is 126 cm³/mol. The fourth-order valence-electron chi connectivity index (χ4n) is 3.65. The van der Waals surface area contributed by atoms with E-state index in [0.29, 0.717) is 17.9 Å². The summed E-state index contributed by atoms with van der Waals surface area (Å²) in [6.45, 7) is 10.8. The topological polar surface area (TPSA) is 116 Å². The highest BCUT2D eigenvalue weighted by molar-refractivity contribution is 7.53. The van der Waals surface area contributed by atoms with Crippen LogP contribution in [0.2, 0.25) is 0 Å². The third-order valence-electron chi connectivity index (χ3n) is 5.84. The Kier molecular flexibility index (Phi) is 8.16. The molecule has 0 bridgehead atoms. The van der Waals surface area contributed by atoms with Crippen molar-refractivity contribution in [3.05, 3.63) is 52.6 Å². The molecular formula is C24H34NO6P. The number of hydrogen-bond acceptors (Lipinski definition) is 4. The Labute approximate surface area is 190 Å². The fourth-order valence-corrected chi connectivity index (χ4v) is 4.70. The molecule has 0 saturated carbocycles. The molecule has 0 aliphatic rings. The number of phenolic OH excluding ortho intramolecular Hbond substituents is 1. The number of carbonyl (C=O) groups excluding carboxylic acids is 1. The number of ether oxygens (including phenoxy) is 1. The molecule has 0 spiro atoms. The quantitative estimate of drug-likeness (QED) is 0.298. The second kappa shape index (κ2) is 10.1. The minimum absolute atomic E-state index is 0.00727. The van der Waals surface area contributed by atoms with Gasteiger partial charge in [-0.2, -0.15) is 0 Å². The van der Waals surface area contributed by atoms with Crippen molar-refractivity contribution in [3.8, 4) is 11.5 Å². The van der Waals surface area contributed by atoms with Gasteiger partial charge in [-0.3, -0.25) is 9.36 Å². The minimum atomic E-state index is -4.48. The van der Waals surface area contributed by atoms with Crippen LogP contribution in [0.25, 0.3) is 0 Å². The monoisotopic (exact) mass is 463 g/mol. The number of carbonyl (C=O) groups is 1. The summed E-state index contributed by atoms with van der Waals surface area (Å²) in [7, 11) is -4.48. The average molecular weight is 464 g/mol. The van der Waals surface area contributed by atoms with Gasteiger partial charge in [0.15, 0.2) is 0 Å². The van der Waals surface area contributed by atoms with Crippen LogP contribution in [0.15, 0.2) is 30.3 Å². The summed E-state index contributed by atoms with van der Waals surface area (Å²) in [5.41, 5.74) is 4.17. The van der Waals surface area contributed by atoms with Crippen LogP contribution in [0.4, 0.5) is 5.69 Å². The van der Waals surface area contributed by atoms with Crippen LogP contribution in [0, 0.1) is 19.8 Å². The predicted octanol–water partition coefficient (Wildman–Crippen LogP) is 5.27. The maximum Gasteiger partial charge on any atom is 0.368 e. The van der Waals surface area contributed by atoms with E-state index >= 15 is 0 Å². The third-order valence-corrected chi connectivity index (χ3v) is 7.62. The van der Waals surface area contributed by atoms with E-state index in [1.54, 1.807) is 58.0 Å². The summed E-state index contributed by atoms with van der Waals surface area (Å²) >= 11 is 0. The van der Waals surface area contributed by atoms with Gasteiger partial charge in [0.1, 0.15) is 11.5 Å². The zero-order chi connectivity index (χ0) is 24.3. The second-order valence-electron chi connectivity index (χ2n) is 8.51. The Morgan fingerprint density at radius 1 is 1.09 bits per heavy atom. The summed E-state index contributed by atoms with van der Waals surface area (Å²) in [4.78, 5) is 31.7. The number of phenols is 1. The molecule has 2 aromatic carbocycles. The van der Waals surface area contributed by atoms with Gasteiger partial charge < -0.3 is 24.9 Å². The Morgan fingerprint density at radius 3 is 2.12 bits per heavy atom. The number of amides is 1. The zero-order valence-electron chi connectivity index (χ0n) is 19.6. The highest BCUT2D eigenvalue weighted by Gasteiger charge is 2.46. The lowest BCUT2D eigenvalue weighted by molar-refractivity contribution is -0.118. The molecule has 32 heavy (non-hydrogen) atoms. The average Bonchev–Trinajstić information content (AvgIpc) is 2.70. The van der Waals surface area contributed by atoms with E-state index in [-0.39, 0.29) is 30.4 Å². The molecule has 2 aromatic rings. The first-order valence-electron chi connectivity index (χ1n) is 10.8. The minimum Gasteiger partial charge on any atom is -0.506 e. The molecule has 0 aliphatic heterocycles. The van der Waals surface area contributed by atoms with Gasteiger partial charge in [-0.1, -0.05) is 33.8 Å². The fraction of sp³-hybridized carbons (Fsp3) is 0.458. The van der Waals surface area contributed by atoms with E-state index in [4.69, 9.17) is 4.74 Å². The molecule has 0 aliphatic carbocycles. The van der Waals surface area contributed by atoms with Gasteiger partial charge in [0, 0.05) is 5.92 Å². The molecule has 0 saturated heterocycles. The van der Waals surface area contributed by atoms with Gasteiger partial charge in [0.05, 0.1) is 5.69 Å². The normalized spacial score (nSPS) is 12.2. The summed E-state index contributed by atoms with van der Waals surface area (Å²) in [5.74, 6) is 0.0486. The van der Waals surface area contributed by atoms with Gasteiger partial charge in [0.25, 0.3) is 0 Å². The Balaban J connectivity index is 2.34. The summed E-state index contributed by atoms with van der Waals surface area (Å²) in [6.07, 6.45) is 0.936. The molecule has 0 fully saturated rings. The lowest BCUT2D eigenvalue weighted by Crippen LogP contribution is -2.34. The van der Waals surface area contributed by atoms with Crippen molar-refractivity contribution in [2.75, 3.05) is 5.32 Å². The van der Waals surface area contributed by atoms with Crippen molar-refractivity contribution in [2.45, 2.75) is 66.1 Å². The zero-order valence-corrected chi connectivity index (χ0v) is 20.5. The van der Waals surface area contributed by atoms with Crippen LogP contribution in [0.5, 0.6) is 11.5 Å². The number of aromatic hydroxyl groups is 1. The molecule has 7 nitrogen and oxygen atoms in total. The molecule has 0 unspecified atom stereocenters. The van der Waals surface area contributed by atoms with Crippen LogP contribution >= 0.6 is 7.60 Å². The summed E-state index contributed by atoms with van der Waals surface area (Å²) in [5, 5.41) is 11.3. The number of aryl methyl sites for hydroxylation is 2. The Bertz CT molecular complexity index is 1000. The lowest BCUT2D eigenvalue weighted by Gasteiger charge is -2.33. The summed E-state index contributed by atoms with van der Waals surface area (Å²) < 4.78 is 18.0. The van der Waals surface area contributed by atoms with E-state index < -0.39 is 12.9 Å².